The van der Waals surface area contributed by atoms with Crippen LogP contribution in [0.1, 0.15) is 0 Å². The quantitative estimate of drug-likeness (QED) is 0.194. The van der Waals surface area contributed by atoms with Gasteiger partial charge in [0.15, 0.2) is 5.82 Å². The molecule has 0 bridgehead atoms. The predicted molar refractivity (Wildman–Crippen MR) is 189 cm³/mol. The zero-order chi connectivity index (χ0) is 30.9. The van der Waals surface area contributed by atoms with Gasteiger partial charge in [0.05, 0.1) is 17.0 Å². The molecule has 0 N–H and O–H groups in total. The van der Waals surface area contributed by atoms with E-state index in [1.165, 1.54) is 26.6 Å². The lowest BCUT2D eigenvalue weighted by Crippen LogP contribution is -1.97. The van der Waals surface area contributed by atoms with Gasteiger partial charge in [-0.3, -0.25) is 0 Å². The van der Waals surface area contributed by atoms with Crippen LogP contribution in [0.3, 0.4) is 0 Å². The molecule has 10 rings (SSSR count). The predicted octanol–water partition coefficient (Wildman–Crippen LogP) is 10.9. The molecule has 47 heavy (non-hydrogen) atoms. The number of fused-ring (bicyclic) bond motifs is 7. The van der Waals surface area contributed by atoms with Gasteiger partial charge in [-0.2, -0.15) is 0 Å². The van der Waals surface area contributed by atoms with Crippen LogP contribution in [0.4, 0.5) is 0 Å². The second-order valence-corrected chi connectivity index (χ2v) is 12.5. The summed E-state index contributed by atoms with van der Waals surface area (Å²) in [7, 11) is 0. The zero-order valence-electron chi connectivity index (χ0n) is 24.7. The Kier molecular flexibility index (Phi) is 5.64. The number of rotatable bonds is 4. The monoisotopic (exact) mass is 622 g/mol. The topological polar surface area (TPSA) is 77.8 Å². The minimum Gasteiger partial charge on any atom is -0.455 e. The van der Waals surface area contributed by atoms with E-state index in [1.807, 2.05) is 42.5 Å². The Morgan fingerprint density at radius 3 is 2.00 bits per heavy atom. The average Bonchev–Trinajstić information content (AvgIpc) is 3.89. The molecule has 220 valence electrons. The van der Waals surface area contributed by atoms with Gasteiger partial charge >= 0.3 is 0 Å². The highest BCUT2D eigenvalue weighted by atomic mass is 32.1. The minimum atomic E-state index is 0.477. The SMILES string of the molecule is c1ccc2c(c1)oc1c(-c3nc(-c4ccc(-c5nnco5)c5ccccc45)cc(-c4cccc5c4sc4ccccc45)n3)cccc12. The smallest absolute Gasteiger partial charge is 0.248 e. The number of hydrogen-bond donors (Lipinski definition) is 0. The normalized spacial score (nSPS) is 11.8. The van der Waals surface area contributed by atoms with Crippen LogP contribution >= 0.6 is 11.3 Å². The van der Waals surface area contributed by atoms with Crippen molar-refractivity contribution in [1.29, 1.82) is 0 Å². The maximum Gasteiger partial charge on any atom is 0.248 e. The molecule has 7 heteroatoms. The van der Waals surface area contributed by atoms with Gasteiger partial charge in [-0.1, -0.05) is 97.1 Å². The van der Waals surface area contributed by atoms with Crippen molar-refractivity contribution in [3.63, 3.8) is 0 Å². The lowest BCUT2D eigenvalue weighted by Gasteiger charge is -2.13. The summed E-state index contributed by atoms with van der Waals surface area (Å²) in [5, 5.41) is 14.7. The first-order chi connectivity index (χ1) is 23.3. The summed E-state index contributed by atoms with van der Waals surface area (Å²) < 4.78 is 14.5. The molecule has 0 amide bonds. The molecule has 4 aromatic heterocycles. The summed E-state index contributed by atoms with van der Waals surface area (Å²) in [6.07, 6.45) is 1.36. The fraction of sp³-hybridized carbons (Fsp3) is 0. The van der Waals surface area contributed by atoms with Crippen LogP contribution in [-0.4, -0.2) is 20.2 Å². The van der Waals surface area contributed by atoms with E-state index in [9.17, 15) is 0 Å². The summed E-state index contributed by atoms with van der Waals surface area (Å²) in [4.78, 5) is 10.5. The van der Waals surface area contributed by atoms with Crippen molar-refractivity contribution < 1.29 is 8.83 Å². The number of aromatic nitrogens is 4. The van der Waals surface area contributed by atoms with Crippen molar-refractivity contribution in [3.8, 4) is 45.4 Å². The molecule has 0 fully saturated rings. The largest absolute Gasteiger partial charge is 0.455 e. The third kappa shape index (κ3) is 4.03. The van der Waals surface area contributed by atoms with Crippen LogP contribution in [0.15, 0.2) is 143 Å². The maximum absolute atomic E-state index is 6.47. The molecule has 0 radical (unpaired) electrons. The Morgan fingerprint density at radius 1 is 0.511 bits per heavy atom. The fourth-order valence-corrected chi connectivity index (χ4v) is 7.94. The molecule has 0 atom stereocenters. The number of nitrogens with zero attached hydrogens (tertiary/aromatic N) is 4. The number of hydrogen-bond acceptors (Lipinski definition) is 7. The molecule has 0 spiro atoms. The van der Waals surface area contributed by atoms with E-state index in [0.29, 0.717) is 11.7 Å². The Balaban J connectivity index is 1.27. The summed E-state index contributed by atoms with van der Waals surface area (Å²) in [6.45, 7) is 0. The minimum absolute atomic E-state index is 0.477. The first-order valence-corrected chi connectivity index (χ1v) is 16.1. The molecule has 0 aliphatic carbocycles. The lowest BCUT2D eigenvalue weighted by atomic mass is 9.96. The van der Waals surface area contributed by atoms with Crippen LogP contribution < -0.4 is 0 Å². The Labute approximate surface area is 271 Å². The van der Waals surface area contributed by atoms with Crippen LogP contribution in [-0.2, 0) is 0 Å². The first kappa shape index (κ1) is 26.1. The molecular weight excluding hydrogens is 601 g/mol. The standard InChI is InChI=1S/C40H22N4O2S/c1-2-10-24-23(9-1)25(19-20-30(24)40-44-41-22-45-40)33-21-34(31-15-8-14-29-27-12-4-6-18-36(27)47-38(29)31)43-39(42-33)32-16-7-13-28-26-11-3-5-17-35(26)46-37(28)32/h1-22H. The number of thiophene rings is 1. The molecule has 0 saturated carbocycles. The van der Waals surface area contributed by atoms with Gasteiger partial charge in [-0.25, -0.2) is 9.97 Å². The van der Waals surface area contributed by atoms with Crippen molar-refractivity contribution in [1.82, 2.24) is 20.2 Å². The van der Waals surface area contributed by atoms with Gasteiger partial charge in [-0.15, -0.1) is 21.5 Å². The van der Waals surface area contributed by atoms with Crippen LogP contribution in [0.5, 0.6) is 0 Å². The van der Waals surface area contributed by atoms with Gasteiger partial charge in [-0.05, 0) is 41.1 Å². The molecular formula is C40H22N4O2S. The van der Waals surface area contributed by atoms with E-state index in [-0.39, 0.29) is 0 Å². The molecule has 0 aliphatic heterocycles. The third-order valence-corrected chi connectivity index (χ3v) is 10.1. The highest BCUT2D eigenvalue weighted by molar-refractivity contribution is 7.26. The van der Waals surface area contributed by atoms with Crippen LogP contribution in [0, 0.1) is 0 Å². The number of furan rings is 1. The van der Waals surface area contributed by atoms with E-state index in [1.54, 1.807) is 11.3 Å². The number of para-hydroxylation sites is 2. The molecule has 0 saturated heterocycles. The van der Waals surface area contributed by atoms with Crippen molar-refractivity contribution >= 4 is 64.2 Å². The lowest BCUT2D eigenvalue weighted by molar-refractivity contribution is 0.569. The van der Waals surface area contributed by atoms with Crippen molar-refractivity contribution in [2.75, 3.05) is 0 Å². The van der Waals surface area contributed by atoms with Gasteiger partial charge in [0, 0.05) is 47.6 Å². The average molecular weight is 623 g/mol. The fourth-order valence-electron chi connectivity index (χ4n) is 6.72. The van der Waals surface area contributed by atoms with E-state index in [2.05, 4.69) is 95.1 Å². The van der Waals surface area contributed by atoms with E-state index >= 15 is 0 Å². The van der Waals surface area contributed by atoms with E-state index < -0.39 is 0 Å². The Bertz CT molecular complexity index is 2680. The van der Waals surface area contributed by atoms with Crippen LogP contribution in [0.2, 0.25) is 0 Å². The van der Waals surface area contributed by atoms with Crippen molar-refractivity contribution in [3.05, 3.63) is 134 Å². The molecule has 10 aromatic rings. The van der Waals surface area contributed by atoms with Crippen molar-refractivity contribution in [2.24, 2.45) is 0 Å². The highest BCUT2D eigenvalue weighted by Gasteiger charge is 2.20. The molecule has 0 unspecified atom stereocenters. The van der Waals surface area contributed by atoms with Gasteiger partial charge < -0.3 is 8.83 Å². The molecule has 6 aromatic carbocycles. The third-order valence-electron chi connectivity index (χ3n) is 8.84. The van der Waals surface area contributed by atoms with E-state index in [0.717, 1.165) is 66.4 Å². The van der Waals surface area contributed by atoms with Gasteiger partial charge in [0.25, 0.3) is 0 Å². The highest BCUT2D eigenvalue weighted by Crippen LogP contribution is 2.42. The Morgan fingerprint density at radius 2 is 1.17 bits per heavy atom. The van der Waals surface area contributed by atoms with Crippen LogP contribution in [0.25, 0.3) is 98.2 Å². The summed E-state index contributed by atoms with van der Waals surface area (Å²) in [6, 6.07) is 43.8. The van der Waals surface area contributed by atoms with E-state index in [4.69, 9.17) is 18.8 Å². The second kappa shape index (κ2) is 10.2. The summed E-state index contributed by atoms with van der Waals surface area (Å²) in [5.41, 5.74) is 7.03. The zero-order valence-corrected chi connectivity index (χ0v) is 25.5. The maximum atomic E-state index is 6.47. The molecule has 4 heterocycles. The Hall–Kier alpha value is -6.18. The van der Waals surface area contributed by atoms with Gasteiger partial charge in [0.1, 0.15) is 11.2 Å². The van der Waals surface area contributed by atoms with Crippen molar-refractivity contribution in [2.45, 2.75) is 0 Å². The summed E-state index contributed by atoms with van der Waals surface area (Å²) in [5.74, 6) is 1.08. The molecule has 0 aliphatic rings. The number of benzene rings is 6. The van der Waals surface area contributed by atoms with Gasteiger partial charge in [0.2, 0.25) is 12.3 Å². The molecule has 6 nitrogen and oxygen atoms in total. The second-order valence-electron chi connectivity index (χ2n) is 11.5. The summed E-state index contributed by atoms with van der Waals surface area (Å²) >= 11 is 1.79. The first-order valence-electron chi connectivity index (χ1n) is 15.3.